The summed E-state index contributed by atoms with van der Waals surface area (Å²) in [6.45, 7) is 0.105. The van der Waals surface area contributed by atoms with Crippen molar-refractivity contribution in [2.75, 3.05) is 26.8 Å². The molecular weight excluding hydrogens is 295 g/mol. The van der Waals surface area contributed by atoms with Crippen molar-refractivity contribution >= 4 is 17.9 Å². The van der Waals surface area contributed by atoms with Gasteiger partial charge in [0.1, 0.15) is 0 Å². The van der Waals surface area contributed by atoms with Crippen LogP contribution in [0.1, 0.15) is 5.56 Å². The van der Waals surface area contributed by atoms with Gasteiger partial charge in [0.25, 0.3) is 5.91 Å². The van der Waals surface area contributed by atoms with Crippen LogP contribution in [-0.2, 0) is 20.7 Å². The molecule has 1 fully saturated rings. The molecule has 1 aliphatic heterocycles. The molecule has 0 aromatic heterocycles. The number of urea groups is 1. The molecule has 7 nitrogen and oxygen atoms in total. The molecule has 1 N–H and O–H groups in total. The lowest BCUT2D eigenvalue weighted by atomic mass is 10.1. The van der Waals surface area contributed by atoms with Crippen molar-refractivity contribution in [1.82, 2.24) is 10.2 Å². The van der Waals surface area contributed by atoms with Crippen LogP contribution >= 0.6 is 0 Å². The Morgan fingerprint density at radius 3 is 2.77 bits per heavy atom. The first kappa shape index (κ1) is 15.7. The van der Waals surface area contributed by atoms with Crippen LogP contribution in [0.2, 0.25) is 0 Å². The Morgan fingerprint density at radius 2 is 2.18 bits per heavy atom. The number of nitrogens with zero attached hydrogens (tertiary/aromatic N) is 1. The number of rotatable bonds is 5. The first-order chi connectivity index (χ1) is 10.5. The largest absolute Gasteiger partial charge is 0.494 e. The van der Waals surface area contributed by atoms with E-state index in [4.69, 9.17) is 9.47 Å². The van der Waals surface area contributed by atoms with Crippen LogP contribution in [0.3, 0.4) is 0 Å². The molecule has 0 unspecified atom stereocenters. The van der Waals surface area contributed by atoms with Gasteiger partial charge in [0.05, 0.1) is 13.5 Å². The van der Waals surface area contributed by atoms with E-state index < -0.39 is 30.3 Å². The van der Waals surface area contributed by atoms with Gasteiger partial charge in [0.2, 0.25) is 0 Å². The second kappa shape index (κ2) is 6.88. The highest BCUT2D eigenvalue weighted by atomic mass is 19.1. The Kier molecular flexibility index (Phi) is 4.92. The van der Waals surface area contributed by atoms with E-state index in [1.165, 1.54) is 19.2 Å². The van der Waals surface area contributed by atoms with Gasteiger partial charge in [-0.3, -0.25) is 14.5 Å². The molecule has 1 heterocycles. The van der Waals surface area contributed by atoms with Crippen LogP contribution in [0.5, 0.6) is 5.75 Å². The van der Waals surface area contributed by atoms with E-state index >= 15 is 0 Å². The first-order valence-corrected chi connectivity index (χ1v) is 6.57. The van der Waals surface area contributed by atoms with Gasteiger partial charge in [0.15, 0.2) is 18.2 Å². The SMILES string of the molecule is COc1ccc(CC(=O)OCC(=O)N2CCNC2=O)cc1F. The number of hydrogen-bond donors (Lipinski definition) is 1. The van der Waals surface area contributed by atoms with Gasteiger partial charge in [0, 0.05) is 13.1 Å². The van der Waals surface area contributed by atoms with Gasteiger partial charge in [-0.15, -0.1) is 0 Å². The van der Waals surface area contributed by atoms with Gasteiger partial charge >= 0.3 is 12.0 Å². The van der Waals surface area contributed by atoms with Gasteiger partial charge in [-0.05, 0) is 17.7 Å². The minimum atomic E-state index is -0.683. The van der Waals surface area contributed by atoms with Crippen LogP contribution < -0.4 is 10.1 Å². The predicted molar refractivity (Wildman–Crippen MR) is 72.7 cm³/mol. The third-order valence-corrected chi connectivity index (χ3v) is 3.08. The molecule has 0 radical (unpaired) electrons. The van der Waals surface area contributed by atoms with Crippen molar-refractivity contribution in [2.45, 2.75) is 6.42 Å². The zero-order valence-corrected chi connectivity index (χ0v) is 11.9. The van der Waals surface area contributed by atoms with E-state index in [1.54, 1.807) is 0 Å². The van der Waals surface area contributed by atoms with Crippen LogP contribution in [0.4, 0.5) is 9.18 Å². The van der Waals surface area contributed by atoms with Gasteiger partial charge in [-0.25, -0.2) is 9.18 Å². The fraction of sp³-hybridized carbons (Fsp3) is 0.357. The number of halogens is 1. The van der Waals surface area contributed by atoms with Crippen LogP contribution in [0.25, 0.3) is 0 Å². The van der Waals surface area contributed by atoms with E-state index in [9.17, 15) is 18.8 Å². The van der Waals surface area contributed by atoms with Crippen LogP contribution in [0.15, 0.2) is 18.2 Å². The number of carbonyl (C=O) groups is 3. The minimum absolute atomic E-state index is 0.0762. The van der Waals surface area contributed by atoms with Crippen LogP contribution in [-0.4, -0.2) is 49.6 Å². The molecule has 3 amide bonds. The molecule has 0 saturated carbocycles. The average Bonchev–Trinajstić information content (AvgIpc) is 2.91. The highest BCUT2D eigenvalue weighted by Crippen LogP contribution is 2.18. The van der Waals surface area contributed by atoms with E-state index in [-0.39, 0.29) is 18.7 Å². The van der Waals surface area contributed by atoms with Crippen molar-refractivity contribution in [3.8, 4) is 5.75 Å². The van der Waals surface area contributed by atoms with Crippen molar-refractivity contribution in [3.63, 3.8) is 0 Å². The molecular formula is C14H15FN2O5. The van der Waals surface area contributed by atoms with Crippen LogP contribution in [0, 0.1) is 5.82 Å². The van der Waals surface area contributed by atoms with E-state index in [2.05, 4.69) is 5.32 Å². The lowest BCUT2D eigenvalue weighted by Gasteiger charge is -2.12. The zero-order chi connectivity index (χ0) is 16.1. The molecule has 8 heteroatoms. The summed E-state index contributed by atoms with van der Waals surface area (Å²) in [6, 6.07) is 3.59. The number of carbonyl (C=O) groups excluding carboxylic acids is 3. The molecule has 0 atom stereocenters. The normalized spacial score (nSPS) is 13.7. The fourth-order valence-electron chi connectivity index (χ4n) is 1.97. The first-order valence-electron chi connectivity index (χ1n) is 6.57. The monoisotopic (exact) mass is 310 g/mol. The standard InChI is InChI=1S/C14H15FN2O5/c1-21-11-3-2-9(6-10(11)15)7-13(19)22-8-12(18)17-5-4-16-14(17)20/h2-3,6H,4-5,7-8H2,1H3,(H,16,20). The number of hydrogen-bond acceptors (Lipinski definition) is 5. The maximum atomic E-state index is 13.5. The zero-order valence-electron chi connectivity index (χ0n) is 11.9. The highest BCUT2D eigenvalue weighted by Gasteiger charge is 2.26. The highest BCUT2D eigenvalue weighted by molar-refractivity contribution is 5.97. The summed E-state index contributed by atoms with van der Waals surface area (Å²) in [7, 11) is 1.34. The van der Waals surface area contributed by atoms with Crippen molar-refractivity contribution in [1.29, 1.82) is 0 Å². The third kappa shape index (κ3) is 3.72. The quantitative estimate of drug-likeness (QED) is 0.799. The molecule has 0 aliphatic carbocycles. The summed E-state index contributed by atoms with van der Waals surface area (Å²) in [6.07, 6.45) is -0.180. The molecule has 118 valence electrons. The predicted octanol–water partition coefficient (Wildman–Crippen LogP) is 0.472. The number of methoxy groups -OCH3 is 1. The topological polar surface area (TPSA) is 84.9 Å². The Morgan fingerprint density at radius 1 is 1.41 bits per heavy atom. The summed E-state index contributed by atoms with van der Waals surface area (Å²) >= 11 is 0. The number of benzene rings is 1. The molecule has 0 bridgehead atoms. The Hall–Kier alpha value is -2.64. The summed E-state index contributed by atoms with van der Waals surface area (Å²) < 4.78 is 23.1. The van der Waals surface area contributed by atoms with E-state index in [1.807, 2.05) is 0 Å². The lowest BCUT2D eigenvalue weighted by molar-refractivity contribution is -0.150. The molecule has 0 spiro atoms. The van der Waals surface area contributed by atoms with E-state index in [0.29, 0.717) is 12.1 Å². The summed E-state index contributed by atoms with van der Waals surface area (Å²) in [4.78, 5) is 35.5. The number of ether oxygens (including phenoxy) is 2. The lowest BCUT2D eigenvalue weighted by Crippen LogP contribution is -2.37. The van der Waals surface area contributed by atoms with Gasteiger partial charge < -0.3 is 14.8 Å². The molecule has 1 aliphatic rings. The molecule has 1 aromatic rings. The smallest absolute Gasteiger partial charge is 0.324 e. The molecule has 1 saturated heterocycles. The fourth-order valence-corrected chi connectivity index (χ4v) is 1.97. The summed E-state index contributed by atoms with van der Waals surface area (Å²) in [5, 5.41) is 2.47. The number of imide groups is 1. The second-order valence-corrected chi connectivity index (χ2v) is 4.58. The average molecular weight is 310 g/mol. The summed E-state index contributed by atoms with van der Waals surface area (Å²) in [5.41, 5.74) is 0.398. The molecule has 1 aromatic carbocycles. The Labute approximate surface area is 126 Å². The minimum Gasteiger partial charge on any atom is -0.494 e. The molecule has 22 heavy (non-hydrogen) atoms. The third-order valence-electron chi connectivity index (χ3n) is 3.08. The Balaban J connectivity index is 1.84. The van der Waals surface area contributed by atoms with E-state index in [0.717, 1.165) is 11.0 Å². The maximum Gasteiger partial charge on any atom is 0.324 e. The number of amides is 3. The number of esters is 1. The second-order valence-electron chi connectivity index (χ2n) is 4.58. The van der Waals surface area contributed by atoms with Crippen molar-refractivity contribution in [3.05, 3.63) is 29.6 Å². The Bertz CT molecular complexity index is 605. The summed E-state index contributed by atoms with van der Waals surface area (Å²) in [5.74, 6) is -1.79. The van der Waals surface area contributed by atoms with Gasteiger partial charge in [-0.1, -0.05) is 6.07 Å². The number of nitrogens with one attached hydrogen (secondary N) is 1. The van der Waals surface area contributed by atoms with Crippen molar-refractivity contribution < 1.29 is 28.2 Å². The van der Waals surface area contributed by atoms with Crippen molar-refractivity contribution in [2.24, 2.45) is 0 Å². The van der Waals surface area contributed by atoms with Gasteiger partial charge in [-0.2, -0.15) is 0 Å². The maximum absolute atomic E-state index is 13.5. The molecule has 2 rings (SSSR count).